The molecular weight excluding hydrogens is 460 g/mol. The number of aryl methyl sites for hydroxylation is 1. The fraction of sp³-hybridized carbons (Fsp3) is 0.381. The van der Waals surface area contributed by atoms with Crippen LogP contribution in [0.4, 0.5) is 14.5 Å². The summed E-state index contributed by atoms with van der Waals surface area (Å²) in [5.41, 5.74) is 1.08. The number of alkyl halides is 2. The Morgan fingerprint density at radius 1 is 1.34 bits per heavy atom. The molecule has 2 heterocycles. The van der Waals surface area contributed by atoms with E-state index in [1.807, 2.05) is 6.92 Å². The number of hydrogen-bond donors (Lipinski definition) is 2. The molecule has 1 atom stereocenters. The molecule has 0 saturated heterocycles. The lowest BCUT2D eigenvalue weighted by Gasteiger charge is -2.44. The molecule has 1 unspecified atom stereocenters. The van der Waals surface area contributed by atoms with E-state index in [9.17, 15) is 17.8 Å². The third-order valence-electron chi connectivity index (χ3n) is 5.55. The van der Waals surface area contributed by atoms with Gasteiger partial charge in [0.15, 0.2) is 0 Å². The predicted molar refractivity (Wildman–Crippen MR) is 119 cm³/mol. The van der Waals surface area contributed by atoms with Crippen LogP contribution >= 0.6 is 11.6 Å². The van der Waals surface area contributed by atoms with Crippen LogP contribution in [-0.4, -0.2) is 37.1 Å². The van der Waals surface area contributed by atoms with Gasteiger partial charge in [0.25, 0.3) is 5.91 Å². The zero-order valence-electron chi connectivity index (χ0n) is 17.7. The zero-order valence-corrected chi connectivity index (χ0v) is 19.3. The summed E-state index contributed by atoms with van der Waals surface area (Å²) in [4.78, 5) is 17.3. The van der Waals surface area contributed by atoms with Crippen LogP contribution < -0.4 is 5.32 Å². The highest BCUT2D eigenvalue weighted by molar-refractivity contribution is 7.91. The number of amides is 1. The zero-order chi connectivity index (χ0) is 23.5. The monoisotopic (exact) mass is 481 g/mol. The largest absolute Gasteiger partial charge is 0.320 e. The first-order valence-corrected chi connectivity index (χ1v) is 12.2. The highest BCUT2D eigenvalue weighted by Crippen LogP contribution is 2.52. The van der Waals surface area contributed by atoms with Crippen molar-refractivity contribution >= 4 is 43.8 Å². The molecule has 1 aliphatic rings. The number of carbonyl (C=O) groups is 1. The Hall–Kier alpha value is -2.59. The second-order valence-electron chi connectivity index (χ2n) is 8.79. The number of nitrogens with one attached hydrogen (secondary N) is 2. The molecule has 32 heavy (non-hydrogen) atoms. The van der Waals surface area contributed by atoms with Crippen molar-refractivity contribution in [2.24, 2.45) is 5.41 Å². The summed E-state index contributed by atoms with van der Waals surface area (Å²) in [6.07, 6.45) is 2.02. The SMILES string of the molecule is Cc1ccc(Cl)c2c(C(=O)Nc3ccnc(S(C)(=N)=O)c3)n(CC3(C)CC(F)(F)C3)nc12. The number of benzene rings is 1. The molecule has 0 radical (unpaired) electrons. The lowest BCUT2D eigenvalue weighted by atomic mass is 9.67. The van der Waals surface area contributed by atoms with Crippen molar-refractivity contribution in [3.63, 3.8) is 0 Å². The highest BCUT2D eigenvalue weighted by atomic mass is 35.5. The molecule has 0 spiro atoms. The first kappa shape index (κ1) is 22.6. The molecule has 0 aliphatic heterocycles. The Labute approximate surface area is 189 Å². The molecule has 170 valence electrons. The van der Waals surface area contributed by atoms with Crippen LogP contribution in [0.15, 0.2) is 35.5 Å². The second kappa shape index (κ2) is 7.48. The van der Waals surface area contributed by atoms with E-state index < -0.39 is 27.0 Å². The molecule has 3 aromatic rings. The van der Waals surface area contributed by atoms with Gasteiger partial charge in [-0.3, -0.25) is 9.48 Å². The Kier molecular flexibility index (Phi) is 5.28. The summed E-state index contributed by atoms with van der Waals surface area (Å²) < 4.78 is 48.3. The molecule has 1 aliphatic carbocycles. The minimum Gasteiger partial charge on any atom is -0.320 e. The Balaban J connectivity index is 1.77. The van der Waals surface area contributed by atoms with Crippen molar-refractivity contribution < 1.29 is 17.8 Å². The fourth-order valence-electron chi connectivity index (χ4n) is 4.23. The van der Waals surface area contributed by atoms with E-state index in [0.29, 0.717) is 21.6 Å². The number of rotatable bonds is 5. The normalized spacial score (nSPS) is 18.7. The van der Waals surface area contributed by atoms with Crippen molar-refractivity contribution in [1.82, 2.24) is 14.8 Å². The van der Waals surface area contributed by atoms with Crippen molar-refractivity contribution in [3.8, 4) is 0 Å². The number of carbonyl (C=O) groups excluding carboxylic acids is 1. The summed E-state index contributed by atoms with van der Waals surface area (Å²) in [6, 6.07) is 6.33. The van der Waals surface area contributed by atoms with E-state index >= 15 is 0 Å². The van der Waals surface area contributed by atoms with Crippen molar-refractivity contribution in [2.45, 2.75) is 44.2 Å². The molecule has 7 nitrogen and oxygen atoms in total. The van der Waals surface area contributed by atoms with Gasteiger partial charge in [-0.05, 0) is 36.1 Å². The average molecular weight is 482 g/mol. The molecule has 1 aromatic carbocycles. The van der Waals surface area contributed by atoms with Gasteiger partial charge in [0.05, 0.1) is 25.7 Å². The van der Waals surface area contributed by atoms with Gasteiger partial charge in [-0.1, -0.05) is 24.6 Å². The Morgan fingerprint density at radius 3 is 2.66 bits per heavy atom. The number of pyridine rings is 1. The minimum absolute atomic E-state index is 0.0340. The van der Waals surface area contributed by atoms with Crippen LogP contribution in [0.5, 0.6) is 0 Å². The van der Waals surface area contributed by atoms with E-state index in [2.05, 4.69) is 15.4 Å². The fourth-order valence-corrected chi connectivity index (χ4v) is 5.09. The molecule has 1 amide bonds. The van der Waals surface area contributed by atoms with Crippen LogP contribution in [0.25, 0.3) is 10.9 Å². The highest BCUT2D eigenvalue weighted by Gasteiger charge is 2.54. The van der Waals surface area contributed by atoms with E-state index in [1.165, 1.54) is 29.3 Å². The molecule has 2 aromatic heterocycles. The molecule has 1 saturated carbocycles. The van der Waals surface area contributed by atoms with Gasteiger partial charge < -0.3 is 5.32 Å². The summed E-state index contributed by atoms with van der Waals surface area (Å²) in [5, 5.41) is 8.06. The number of hydrogen-bond acceptors (Lipinski definition) is 5. The average Bonchev–Trinajstić information content (AvgIpc) is 3.02. The lowest BCUT2D eigenvalue weighted by molar-refractivity contribution is -0.159. The standard InChI is InChI=1S/C21H22ClF2N5O2S/c1-12-4-5-14(22)16-17(12)28-29(11-20(2)9-21(23,24)10-20)18(16)19(30)27-13-6-7-26-15(8-13)32(3,25)31/h4-8,25H,9-11H2,1-3H3,(H,26,27,30). The lowest BCUT2D eigenvalue weighted by Crippen LogP contribution is -2.47. The third-order valence-corrected chi connectivity index (χ3v) is 6.89. The van der Waals surface area contributed by atoms with Crippen LogP contribution in [0.3, 0.4) is 0 Å². The number of nitrogens with zero attached hydrogens (tertiary/aromatic N) is 3. The first-order valence-electron chi connectivity index (χ1n) is 9.83. The van der Waals surface area contributed by atoms with Gasteiger partial charge in [-0.15, -0.1) is 0 Å². The van der Waals surface area contributed by atoms with Gasteiger partial charge in [0.1, 0.15) is 10.7 Å². The summed E-state index contributed by atoms with van der Waals surface area (Å²) >= 11 is 6.42. The Morgan fingerprint density at radius 2 is 2.03 bits per heavy atom. The van der Waals surface area contributed by atoms with E-state index in [-0.39, 0.29) is 30.1 Å². The summed E-state index contributed by atoms with van der Waals surface area (Å²) in [5.74, 6) is -3.26. The maximum atomic E-state index is 13.6. The molecule has 1 fully saturated rings. The van der Waals surface area contributed by atoms with Crippen LogP contribution in [0, 0.1) is 17.1 Å². The van der Waals surface area contributed by atoms with Gasteiger partial charge in [0, 0.05) is 37.5 Å². The maximum Gasteiger partial charge on any atom is 0.274 e. The van der Waals surface area contributed by atoms with Crippen molar-refractivity contribution in [2.75, 3.05) is 11.6 Å². The topological polar surface area (TPSA) is 101 Å². The second-order valence-corrected chi connectivity index (χ2v) is 11.3. The number of halogens is 3. The molecule has 11 heteroatoms. The summed E-state index contributed by atoms with van der Waals surface area (Å²) in [6.45, 7) is 3.71. The molecule has 4 rings (SSSR count). The summed E-state index contributed by atoms with van der Waals surface area (Å²) in [7, 11) is -3.07. The number of fused-ring (bicyclic) bond motifs is 1. The Bertz CT molecular complexity index is 1350. The number of aromatic nitrogens is 3. The smallest absolute Gasteiger partial charge is 0.274 e. The van der Waals surface area contributed by atoms with E-state index in [4.69, 9.17) is 16.4 Å². The molecule has 0 bridgehead atoms. The maximum absolute atomic E-state index is 13.6. The van der Waals surface area contributed by atoms with Gasteiger partial charge in [-0.25, -0.2) is 22.8 Å². The third kappa shape index (κ3) is 4.21. The van der Waals surface area contributed by atoms with E-state index in [0.717, 1.165) is 5.56 Å². The van der Waals surface area contributed by atoms with Gasteiger partial charge in [-0.2, -0.15) is 5.10 Å². The van der Waals surface area contributed by atoms with Gasteiger partial charge >= 0.3 is 0 Å². The van der Waals surface area contributed by atoms with Crippen LogP contribution in [-0.2, 0) is 16.3 Å². The van der Waals surface area contributed by atoms with Crippen molar-refractivity contribution in [3.05, 3.63) is 46.7 Å². The van der Waals surface area contributed by atoms with Crippen LogP contribution in [0.2, 0.25) is 5.02 Å². The van der Waals surface area contributed by atoms with E-state index in [1.54, 1.807) is 19.1 Å². The quantitative estimate of drug-likeness (QED) is 0.528. The van der Waals surface area contributed by atoms with Crippen LogP contribution in [0.1, 0.15) is 35.8 Å². The van der Waals surface area contributed by atoms with Gasteiger partial charge in [0.2, 0.25) is 5.92 Å². The van der Waals surface area contributed by atoms with Crippen molar-refractivity contribution in [1.29, 1.82) is 4.78 Å². The molecule has 2 N–H and O–H groups in total. The first-order chi connectivity index (χ1) is 14.8. The predicted octanol–water partition coefficient (Wildman–Crippen LogP) is 5.12. The number of anilines is 1. The molecular formula is C21H22ClF2N5O2S. The minimum atomic E-state index is -3.07.